The number of hydrogen-bond acceptors (Lipinski definition) is 2. The van der Waals surface area contributed by atoms with E-state index in [2.05, 4.69) is 0 Å². The van der Waals surface area contributed by atoms with E-state index in [1.54, 1.807) is 12.1 Å². The molecule has 0 aliphatic heterocycles. The molecule has 18 heavy (non-hydrogen) atoms. The van der Waals surface area contributed by atoms with Crippen LogP contribution < -0.4 is 4.74 Å². The van der Waals surface area contributed by atoms with Crippen LogP contribution in [0, 0.1) is 0 Å². The Hall–Kier alpha value is -2.29. The van der Waals surface area contributed by atoms with Crippen LogP contribution in [0.5, 0.6) is 11.5 Å². The SMILES string of the molecule is CC.O=C(O)c1ccc(Oc2ccccc2)cc1. The molecule has 0 aliphatic carbocycles. The number of carboxylic acid groups (broad SMARTS) is 1. The van der Waals surface area contributed by atoms with Crippen molar-refractivity contribution in [3.8, 4) is 11.5 Å². The summed E-state index contributed by atoms with van der Waals surface area (Å²) in [5.74, 6) is 0.410. The molecule has 0 unspecified atom stereocenters. The quantitative estimate of drug-likeness (QED) is 0.880. The Bertz CT molecular complexity index is 475. The number of rotatable bonds is 3. The van der Waals surface area contributed by atoms with Crippen molar-refractivity contribution in [2.24, 2.45) is 0 Å². The van der Waals surface area contributed by atoms with Crippen LogP contribution in [0.2, 0.25) is 0 Å². The number of para-hydroxylation sites is 1. The number of hydrogen-bond donors (Lipinski definition) is 1. The van der Waals surface area contributed by atoms with Crippen LogP contribution in [0.1, 0.15) is 24.2 Å². The van der Waals surface area contributed by atoms with Gasteiger partial charge in [0.15, 0.2) is 0 Å². The average Bonchev–Trinajstić information content (AvgIpc) is 2.43. The summed E-state index contributed by atoms with van der Waals surface area (Å²) in [6.45, 7) is 4.00. The van der Waals surface area contributed by atoms with Gasteiger partial charge in [0.2, 0.25) is 0 Å². The first-order valence-corrected chi connectivity index (χ1v) is 5.82. The Morgan fingerprint density at radius 3 is 1.89 bits per heavy atom. The molecule has 0 spiro atoms. The summed E-state index contributed by atoms with van der Waals surface area (Å²) in [7, 11) is 0. The lowest BCUT2D eigenvalue weighted by molar-refractivity contribution is 0.0697. The molecule has 0 saturated heterocycles. The third kappa shape index (κ3) is 3.94. The van der Waals surface area contributed by atoms with Gasteiger partial charge in [-0.2, -0.15) is 0 Å². The van der Waals surface area contributed by atoms with Gasteiger partial charge in [0.25, 0.3) is 0 Å². The van der Waals surface area contributed by atoms with Crippen molar-refractivity contribution in [3.05, 3.63) is 60.2 Å². The largest absolute Gasteiger partial charge is 0.478 e. The molecule has 3 heteroatoms. The van der Waals surface area contributed by atoms with Crippen molar-refractivity contribution >= 4 is 5.97 Å². The second-order valence-electron chi connectivity index (χ2n) is 3.24. The monoisotopic (exact) mass is 244 g/mol. The van der Waals surface area contributed by atoms with Crippen molar-refractivity contribution < 1.29 is 14.6 Å². The van der Waals surface area contributed by atoms with Gasteiger partial charge < -0.3 is 9.84 Å². The van der Waals surface area contributed by atoms with Gasteiger partial charge in [-0.05, 0) is 36.4 Å². The minimum atomic E-state index is -0.939. The molecule has 2 aromatic rings. The van der Waals surface area contributed by atoms with Crippen LogP contribution in [0.4, 0.5) is 0 Å². The van der Waals surface area contributed by atoms with E-state index in [-0.39, 0.29) is 5.56 Å². The van der Waals surface area contributed by atoms with Gasteiger partial charge in [0, 0.05) is 0 Å². The third-order valence-corrected chi connectivity index (χ3v) is 2.08. The lowest BCUT2D eigenvalue weighted by Crippen LogP contribution is -1.95. The van der Waals surface area contributed by atoms with E-state index in [4.69, 9.17) is 9.84 Å². The van der Waals surface area contributed by atoms with Crippen LogP contribution in [0.25, 0.3) is 0 Å². The van der Waals surface area contributed by atoms with Gasteiger partial charge in [-0.3, -0.25) is 0 Å². The Morgan fingerprint density at radius 1 is 0.889 bits per heavy atom. The highest BCUT2D eigenvalue weighted by atomic mass is 16.5. The Kier molecular flexibility index (Phi) is 5.45. The normalized spacial score (nSPS) is 9.00. The third-order valence-electron chi connectivity index (χ3n) is 2.08. The minimum Gasteiger partial charge on any atom is -0.478 e. The fourth-order valence-electron chi connectivity index (χ4n) is 1.29. The van der Waals surface area contributed by atoms with E-state index < -0.39 is 5.97 Å². The van der Waals surface area contributed by atoms with Crippen LogP contribution in [-0.4, -0.2) is 11.1 Å². The Labute approximate surface area is 107 Å². The van der Waals surface area contributed by atoms with E-state index in [0.29, 0.717) is 5.75 Å². The van der Waals surface area contributed by atoms with E-state index in [0.717, 1.165) is 5.75 Å². The molecule has 94 valence electrons. The molecule has 0 atom stereocenters. The first-order chi connectivity index (χ1) is 8.75. The molecule has 0 aromatic heterocycles. The molecular formula is C15H16O3. The molecule has 0 bridgehead atoms. The molecule has 0 heterocycles. The summed E-state index contributed by atoms with van der Waals surface area (Å²) in [5.41, 5.74) is 0.250. The molecule has 0 fully saturated rings. The van der Waals surface area contributed by atoms with Crippen molar-refractivity contribution in [1.29, 1.82) is 0 Å². The summed E-state index contributed by atoms with van der Waals surface area (Å²) in [4.78, 5) is 10.6. The predicted octanol–water partition coefficient (Wildman–Crippen LogP) is 4.20. The van der Waals surface area contributed by atoms with Crippen LogP contribution in [0.15, 0.2) is 54.6 Å². The zero-order valence-electron chi connectivity index (χ0n) is 10.5. The average molecular weight is 244 g/mol. The Balaban J connectivity index is 0.000000771. The van der Waals surface area contributed by atoms with Crippen LogP contribution in [-0.2, 0) is 0 Å². The summed E-state index contributed by atoms with van der Waals surface area (Å²) in [6, 6.07) is 15.6. The molecule has 3 nitrogen and oxygen atoms in total. The summed E-state index contributed by atoms with van der Waals surface area (Å²) in [5, 5.41) is 8.72. The molecule has 0 radical (unpaired) electrons. The van der Waals surface area contributed by atoms with Gasteiger partial charge in [-0.15, -0.1) is 0 Å². The molecule has 2 rings (SSSR count). The zero-order valence-corrected chi connectivity index (χ0v) is 10.5. The first kappa shape index (κ1) is 13.8. The highest BCUT2D eigenvalue weighted by Gasteiger charge is 2.02. The van der Waals surface area contributed by atoms with Crippen molar-refractivity contribution in [2.75, 3.05) is 0 Å². The fraction of sp³-hybridized carbons (Fsp3) is 0.133. The Morgan fingerprint density at radius 2 is 1.39 bits per heavy atom. The van der Waals surface area contributed by atoms with Gasteiger partial charge in [0.1, 0.15) is 11.5 Å². The number of ether oxygens (including phenoxy) is 1. The topological polar surface area (TPSA) is 46.5 Å². The van der Waals surface area contributed by atoms with E-state index >= 15 is 0 Å². The first-order valence-electron chi connectivity index (χ1n) is 5.82. The standard InChI is InChI=1S/C13H10O3.C2H6/c14-13(15)10-6-8-12(9-7-10)16-11-4-2-1-3-5-11;1-2/h1-9H,(H,14,15);1-2H3. The van der Waals surface area contributed by atoms with Crippen LogP contribution in [0.3, 0.4) is 0 Å². The maximum Gasteiger partial charge on any atom is 0.335 e. The second kappa shape index (κ2) is 7.12. The maximum absolute atomic E-state index is 10.6. The van der Waals surface area contributed by atoms with Gasteiger partial charge >= 0.3 is 5.97 Å². The molecule has 0 saturated carbocycles. The smallest absolute Gasteiger partial charge is 0.335 e. The molecule has 1 N–H and O–H groups in total. The van der Waals surface area contributed by atoms with E-state index in [9.17, 15) is 4.79 Å². The van der Waals surface area contributed by atoms with E-state index in [1.165, 1.54) is 12.1 Å². The summed E-state index contributed by atoms with van der Waals surface area (Å²) >= 11 is 0. The molecule has 0 aliphatic rings. The number of benzene rings is 2. The van der Waals surface area contributed by atoms with Crippen molar-refractivity contribution in [3.63, 3.8) is 0 Å². The fourth-order valence-corrected chi connectivity index (χ4v) is 1.29. The lowest BCUT2D eigenvalue weighted by Gasteiger charge is -2.05. The van der Waals surface area contributed by atoms with Crippen molar-refractivity contribution in [2.45, 2.75) is 13.8 Å². The summed E-state index contributed by atoms with van der Waals surface area (Å²) < 4.78 is 5.52. The number of carboxylic acids is 1. The maximum atomic E-state index is 10.6. The molecular weight excluding hydrogens is 228 g/mol. The van der Waals surface area contributed by atoms with Gasteiger partial charge in [-0.25, -0.2) is 4.79 Å². The lowest BCUT2D eigenvalue weighted by atomic mass is 10.2. The second-order valence-corrected chi connectivity index (χ2v) is 3.24. The highest BCUT2D eigenvalue weighted by molar-refractivity contribution is 5.87. The van der Waals surface area contributed by atoms with Crippen LogP contribution >= 0.6 is 0 Å². The van der Waals surface area contributed by atoms with E-state index in [1.807, 2.05) is 44.2 Å². The zero-order chi connectivity index (χ0) is 13.4. The molecule has 2 aromatic carbocycles. The highest BCUT2D eigenvalue weighted by Crippen LogP contribution is 2.20. The minimum absolute atomic E-state index is 0.250. The molecule has 0 amide bonds. The van der Waals surface area contributed by atoms with Gasteiger partial charge in [0.05, 0.1) is 5.56 Å². The number of carbonyl (C=O) groups is 1. The van der Waals surface area contributed by atoms with Gasteiger partial charge in [-0.1, -0.05) is 32.0 Å². The predicted molar refractivity (Wildman–Crippen MR) is 71.3 cm³/mol. The number of aromatic carboxylic acids is 1. The summed E-state index contributed by atoms with van der Waals surface area (Å²) in [6.07, 6.45) is 0. The van der Waals surface area contributed by atoms with Crippen molar-refractivity contribution in [1.82, 2.24) is 0 Å².